The average Bonchev–Trinajstić information content (AvgIpc) is 3.55. The lowest BCUT2D eigenvalue weighted by atomic mass is 10.1. The molecular weight excluding hydrogens is 402 g/mol. The number of aromatic nitrogens is 6. The van der Waals surface area contributed by atoms with Gasteiger partial charge in [0.1, 0.15) is 12.4 Å². The van der Waals surface area contributed by atoms with Crippen molar-refractivity contribution in [2.45, 2.75) is 19.4 Å². The Hall–Kier alpha value is -3.89. The summed E-state index contributed by atoms with van der Waals surface area (Å²) in [5, 5.41) is 8.36. The van der Waals surface area contributed by atoms with Crippen LogP contribution in [0.1, 0.15) is 18.7 Å². The highest BCUT2D eigenvalue weighted by Crippen LogP contribution is 2.36. The van der Waals surface area contributed by atoms with Crippen molar-refractivity contribution in [1.29, 1.82) is 0 Å². The number of ether oxygens (including phenoxy) is 2. The fourth-order valence-corrected chi connectivity index (χ4v) is 3.74. The molecule has 3 aromatic heterocycles. The van der Waals surface area contributed by atoms with Gasteiger partial charge in [0.05, 0.1) is 19.8 Å². The van der Waals surface area contributed by atoms with Crippen molar-refractivity contribution in [1.82, 2.24) is 29.3 Å². The number of para-hydroxylation sites is 1. The van der Waals surface area contributed by atoms with E-state index >= 15 is 0 Å². The van der Waals surface area contributed by atoms with E-state index in [0.29, 0.717) is 28.7 Å². The summed E-state index contributed by atoms with van der Waals surface area (Å²) in [6.07, 6.45) is 3.99. The number of methoxy groups -OCH3 is 2. The maximum atomic E-state index is 12.7. The molecule has 0 unspecified atom stereocenters. The van der Waals surface area contributed by atoms with Crippen LogP contribution in [0, 0.1) is 0 Å². The zero-order valence-corrected chi connectivity index (χ0v) is 17.2. The van der Waals surface area contributed by atoms with Crippen molar-refractivity contribution in [2.24, 2.45) is 0 Å². The van der Waals surface area contributed by atoms with Gasteiger partial charge in [0, 0.05) is 19.3 Å². The first-order valence-corrected chi connectivity index (χ1v) is 9.93. The van der Waals surface area contributed by atoms with Gasteiger partial charge < -0.3 is 18.9 Å². The van der Waals surface area contributed by atoms with Crippen LogP contribution in [-0.4, -0.2) is 56.6 Å². The molecule has 0 saturated carbocycles. The van der Waals surface area contributed by atoms with Gasteiger partial charge in [-0.1, -0.05) is 11.2 Å². The molecule has 5 rings (SSSR count). The molecule has 160 valence electrons. The van der Waals surface area contributed by atoms with E-state index in [0.717, 1.165) is 31.7 Å². The summed E-state index contributed by atoms with van der Waals surface area (Å²) < 4.78 is 18.8. The Kier molecular flexibility index (Phi) is 4.77. The van der Waals surface area contributed by atoms with E-state index in [-0.39, 0.29) is 18.1 Å². The summed E-state index contributed by atoms with van der Waals surface area (Å²) in [4.78, 5) is 23.8. The van der Waals surface area contributed by atoms with Gasteiger partial charge in [0.25, 0.3) is 5.78 Å². The van der Waals surface area contributed by atoms with Gasteiger partial charge in [-0.15, -0.1) is 5.10 Å². The standard InChI is InChI=1S/C20H21N7O4/c1-29-14-7-5-6-13(17(14)30-2)18-22-16(31-24-18)12-27-20(28)26-11-8-15(21-19(26)23-27)25-9-3-4-10-25/h5-8,11H,3-4,9-10,12H2,1-2H3. The predicted molar refractivity (Wildman–Crippen MR) is 111 cm³/mol. The Labute approximate surface area is 176 Å². The fourth-order valence-electron chi connectivity index (χ4n) is 3.74. The summed E-state index contributed by atoms with van der Waals surface area (Å²) in [6.45, 7) is 1.96. The SMILES string of the molecule is COc1cccc(-c2noc(Cn3nc4nc(N5CCCC5)ccn4c3=O)n2)c1OC. The van der Waals surface area contributed by atoms with Crippen LogP contribution in [0.5, 0.6) is 11.5 Å². The summed E-state index contributed by atoms with van der Waals surface area (Å²) >= 11 is 0. The quantitative estimate of drug-likeness (QED) is 0.456. The molecule has 0 radical (unpaired) electrons. The second-order valence-electron chi connectivity index (χ2n) is 7.14. The van der Waals surface area contributed by atoms with Gasteiger partial charge in [0.15, 0.2) is 11.5 Å². The Morgan fingerprint density at radius 1 is 1.10 bits per heavy atom. The number of benzene rings is 1. The number of rotatable bonds is 6. The molecule has 0 aliphatic carbocycles. The second-order valence-corrected chi connectivity index (χ2v) is 7.14. The summed E-state index contributed by atoms with van der Waals surface area (Å²) in [6, 6.07) is 7.23. The number of fused-ring (bicyclic) bond motifs is 1. The van der Waals surface area contributed by atoms with Gasteiger partial charge in [-0.25, -0.2) is 13.9 Å². The Bertz CT molecular complexity index is 1290. The minimum atomic E-state index is -0.325. The van der Waals surface area contributed by atoms with Crippen LogP contribution in [-0.2, 0) is 6.54 Å². The molecule has 1 aliphatic rings. The molecule has 1 fully saturated rings. The van der Waals surface area contributed by atoms with Crippen molar-refractivity contribution in [3.8, 4) is 22.9 Å². The third-order valence-electron chi connectivity index (χ3n) is 5.27. The third kappa shape index (κ3) is 3.37. The molecule has 0 bridgehead atoms. The fraction of sp³-hybridized carbons (Fsp3) is 0.350. The largest absolute Gasteiger partial charge is 0.493 e. The molecule has 4 aromatic rings. The maximum absolute atomic E-state index is 12.7. The monoisotopic (exact) mass is 423 g/mol. The first kappa shape index (κ1) is 19.1. The second kappa shape index (κ2) is 7.74. The lowest BCUT2D eigenvalue weighted by Gasteiger charge is -2.15. The molecule has 0 atom stereocenters. The number of nitrogens with zero attached hydrogens (tertiary/aromatic N) is 7. The topological polar surface area (TPSA) is 113 Å². The zero-order valence-electron chi connectivity index (χ0n) is 17.2. The molecule has 11 nitrogen and oxygen atoms in total. The van der Waals surface area contributed by atoms with E-state index in [1.54, 1.807) is 32.5 Å². The Balaban J connectivity index is 1.44. The molecule has 0 amide bonds. The molecular formula is C20H21N7O4. The number of anilines is 1. The molecule has 0 spiro atoms. The average molecular weight is 423 g/mol. The lowest BCUT2D eigenvalue weighted by Crippen LogP contribution is -2.22. The molecule has 1 aromatic carbocycles. The maximum Gasteiger partial charge on any atom is 0.352 e. The molecule has 11 heteroatoms. The van der Waals surface area contributed by atoms with E-state index in [4.69, 9.17) is 14.0 Å². The van der Waals surface area contributed by atoms with Crippen LogP contribution in [0.2, 0.25) is 0 Å². The smallest absolute Gasteiger partial charge is 0.352 e. The van der Waals surface area contributed by atoms with Crippen molar-refractivity contribution in [3.63, 3.8) is 0 Å². The van der Waals surface area contributed by atoms with E-state index in [9.17, 15) is 4.79 Å². The van der Waals surface area contributed by atoms with Crippen molar-refractivity contribution in [3.05, 3.63) is 46.8 Å². The van der Waals surface area contributed by atoms with E-state index in [2.05, 4.69) is 25.1 Å². The highest BCUT2D eigenvalue weighted by atomic mass is 16.5. The van der Waals surface area contributed by atoms with Crippen LogP contribution in [0.3, 0.4) is 0 Å². The van der Waals surface area contributed by atoms with Crippen molar-refractivity contribution >= 4 is 11.6 Å². The molecule has 31 heavy (non-hydrogen) atoms. The van der Waals surface area contributed by atoms with Gasteiger partial charge >= 0.3 is 5.69 Å². The minimum Gasteiger partial charge on any atom is -0.493 e. The van der Waals surface area contributed by atoms with Crippen LogP contribution in [0.4, 0.5) is 5.82 Å². The van der Waals surface area contributed by atoms with Gasteiger partial charge in [-0.3, -0.25) is 0 Å². The van der Waals surface area contributed by atoms with E-state index in [1.165, 1.54) is 9.08 Å². The third-order valence-corrected chi connectivity index (χ3v) is 5.27. The molecule has 1 aliphatic heterocycles. The van der Waals surface area contributed by atoms with E-state index in [1.807, 2.05) is 12.1 Å². The highest BCUT2D eigenvalue weighted by Gasteiger charge is 2.19. The summed E-state index contributed by atoms with van der Waals surface area (Å²) in [5.41, 5.74) is 0.297. The zero-order chi connectivity index (χ0) is 21.4. The highest BCUT2D eigenvalue weighted by molar-refractivity contribution is 5.68. The van der Waals surface area contributed by atoms with Crippen LogP contribution >= 0.6 is 0 Å². The Morgan fingerprint density at radius 2 is 1.94 bits per heavy atom. The Morgan fingerprint density at radius 3 is 2.71 bits per heavy atom. The molecule has 1 saturated heterocycles. The van der Waals surface area contributed by atoms with Gasteiger partial charge in [0.2, 0.25) is 11.7 Å². The normalized spacial score (nSPS) is 13.8. The van der Waals surface area contributed by atoms with Gasteiger partial charge in [-0.05, 0) is 31.0 Å². The van der Waals surface area contributed by atoms with Crippen molar-refractivity contribution < 1.29 is 14.0 Å². The number of hydrogen-bond donors (Lipinski definition) is 0. The molecule has 0 N–H and O–H groups in total. The summed E-state index contributed by atoms with van der Waals surface area (Å²) in [5.74, 6) is 2.79. The lowest BCUT2D eigenvalue weighted by molar-refractivity contribution is 0.354. The predicted octanol–water partition coefficient (Wildman–Crippen LogP) is 1.61. The first-order valence-electron chi connectivity index (χ1n) is 9.93. The van der Waals surface area contributed by atoms with E-state index < -0.39 is 0 Å². The van der Waals surface area contributed by atoms with Crippen LogP contribution in [0.15, 0.2) is 39.8 Å². The molecule has 4 heterocycles. The minimum absolute atomic E-state index is 0.0283. The summed E-state index contributed by atoms with van der Waals surface area (Å²) in [7, 11) is 3.10. The van der Waals surface area contributed by atoms with Crippen LogP contribution in [0.25, 0.3) is 17.2 Å². The van der Waals surface area contributed by atoms with Gasteiger partial charge in [-0.2, -0.15) is 9.97 Å². The van der Waals surface area contributed by atoms with Crippen molar-refractivity contribution in [2.75, 3.05) is 32.2 Å². The van der Waals surface area contributed by atoms with Crippen LogP contribution < -0.4 is 20.1 Å². The first-order chi connectivity index (χ1) is 15.2. The number of hydrogen-bond acceptors (Lipinski definition) is 9.